The van der Waals surface area contributed by atoms with Crippen molar-refractivity contribution < 1.29 is 27.1 Å². The molecule has 1 N–H and O–H groups in total. The number of carbonyl (C=O) groups is 1. The van der Waals surface area contributed by atoms with Gasteiger partial charge in [-0.25, -0.2) is 4.39 Å². The van der Waals surface area contributed by atoms with Crippen molar-refractivity contribution in [3.63, 3.8) is 0 Å². The number of halogens is 4. The minimum absolute atomic E-state index is 0.0549. The first kappa shape index (κ1) is 25.2. The van der Waals surface area contributed by atoms with Gasteiger partial charge < -0.3 is 9.64 Å². The van der Waals surface area contributed by atoms with Crippen molar-refractivity contribution in [1.82, 2.24) is 9.62 Å². The third-order valence-corrected chi connectivity index (χ3v) is 6.04. The number of rotatable bonds is 8. The van der Waals surface area contributed by atoms with Gasteiger partial charge in [0.15, 0.2) is 0 Å². The van der Waals surface area contributed by atoms with Crippen molar-refractivity contribution >= 4 is 23.5 Å². The number of nitrogens with one attached hydrogen (secondary N) is 1. The van der Waals surface area contributed by atoms with E-state index in [1.54, 1.807) is 18.2 Å². The topological polar surface area (TPSA) is 44.8 Å². The second-order valence-corrected chi connectivity index (χ2v) is 8.69. The molecule has 0 spiro atoms. The van der Waals surface area contributed by atoms with E-state index in [4.69, 9.17) is 0 Å². The van der Waals surface area contributed by atoms with Crippen molar-refractivity contribution in [3.05, 3.63) is 58.9 Å². The van der Waals surface area contributed by atoms with Crippen LogP contribution in [0.25, 0.3) is 0 Å². The summed E-state index contributed by atoms with van der Waals surface area (Å²) in [6.45, 7) is 7.28. The molecule has 33 heavy (non-hydrogen) atoms. The minimum Gasteiger partial charge on any atom is -0.406 e. The molecule has 1 saturated heterocycles. The smallest absolute Gasteiger partial charge is 0.406 e. The van der Waals surface area contributed by atoms with Gasteiger partial charge in [0.2, 0.25) is 0 Å². The molecular formula is C23H27F4N3O2S. The fraction of sp³-hybridized carbons (Fsp3) is 0.435. The molecule has 5 nitrogen and oxygen atoms in total. The number of hydrogen-bond acceptors (Lipinski definition) is 5. The van der Waals surface area contributed by atoms with Crippen LogP contribution in [0.15, 0.2) is 36.4 Å². The number of ether oxygens (including phenoxy) is 1. The highest BCUT2D eigenvalue weighted by atomic mass is 32.2. The van der Waals surface area contributed by atoms with Gasteiger partial charge in [0.05, 0.1) is 5.56 Å². The molecule has 10 heteroatoms. The van der Waals surface area contributed by atoms with Gasteiger partial charge in [0.1, 0.15) is 11.6 Å². The van der Waals surface area contributed by atoms with E-state index in [0.717, 1.165) is 29.9 Å². The van der Waals surface area contributed by atoms with Crippen LogP contribution in [0.4, 0.5) is 23.2 Å². The normalized spacial score (nSPS) is 14.9. The van der Waals surface area contributed by atoms with Crippen molar-refractivity contribution in [1.29, 1.82) is 0 Å². The molecule has 1 aliphatic heterocycles. The number of piperazine rings is 1. The average Bonchev–Trinajstić information content (AvgIpc) is 2.77. The second kappa shape index (κ2) is 11.1. The molecule has 0 aromatic heterocycles. The quantitative estimate of drug-likeness (QED) is 0.421. The molecule has 0 saturated carbocycles. The summed E-state index contributed by atoms with van der Waals surface area (Å²) >= 11 is 1.23. The summed E-state index contributed by atoms with van der Waals surface area (Å²) in [6, 6.07) is 8.93. The van der Waals surface area contributed by atoms with Crippen LogP contribution in [0.1, 0.15) is 35.3 Å². The number of carbonyl (C=O) groups excluding carboxylic acids is 1. The van der Waals surface area contributed by atoms with Crippen LogP contribution >= 0.6 is 11.9 Å². The molecule has 1 amide bonds. The molecule has 0 aliphatic carbocycles. The van der Waals surface area contributed by atoms with Gasteiger partial charge in [-0.15, -0.1) is 13.2 Å². The van der Waals surface area contributed by atoms with Crippen LogP contribution in [-0.2, 0) is 13.0 Å². The molecular weight excluding hydrogens is 458 g/mol. The largest absolute Gasteiger partial charge is 0.573 e. The predicted molar refractivity (Wildman–Crippen MR) is 122 cm³/mol. The van der Waals surface area contributed by atoms with Crippen LogP contribution in [0.2, 0.25) is 0 Å². The summed E-state index contributed by atoms with van der Waals surface area (Å²) in [5, 5.41) is 0. The first-order valence-corrected chi connectivity index (χ1v) is 11.7. The van der Waals surface area contributed by atoms with Crippen molar-refractivity contribution in [2.24, 2.45) is 0 Å². The minimum atomic E-state index is -4.71. The summed E-state index contributed by atoms with van der Waals surface area (Å²) in [5.74, 6) is -0.509. The van der Waals surface area contributed by atoms with Crippen LogP contribution in [0, 0.1) is 5.82 Å². The Bertz CT molecular complexity index is 946. The van der Waals surface area contributed by atoms with E-state index in [9.17, 15) is 22.4 Å². The van der Waals surface area contributed by atoms with E-state index in [2.05, 4.69) is 19.3 Å². The van der Waals surface area contributed by atoms with Gasteiger partial charge in [-0.2, -0.15) is 0 Å². The van der Waals surface area contributed by atoms with E-state index in [-0.39, 0.29) is 11.3 Å². The van der Waals surface area contributed by atoms with E-state index >= 15 is 0 Å². The van der Waals surface area contributed by atoms with E-state index < -0.39 is 18.1 Å². The molecule has 0 bridgehead atoms. The monoisotopic (exact) mass is 485 g/mol. The molecule has 2 aromatic rings. The molecule has 2 aromatic carbocycles. The molecule has 1 heterocycles. The highest BCUT2D eigenvalue weighted by Crippen LogP contribution is 2.26. The van der Waals surface area contributed by atoms with E-state index in [1.165, 1.54) is 30.1 Å². The number of amides is 1. The SMILES string of the molecule is CCSNC(=O)c1cc(CC)c(CN2CCN(c3ccc(OC(F)(F)F)cc3)CC2)cc1F. The Balaban J connectivity index is 1.60. The van der Waals surface area contributed by atoms with Gasteiger partial charge in [-0.1, -0.05) is 25.8 Å². The lowest BCUT2D eigenvalue weighted by Gasteiger charge is -2.36. The molecule has 1 aliphatic rings. The van der Waals surface area contributed by atoms with Gasteiger partial charge in [0.25, 0.3) is 5.91 Å². The zero-order valence-electron chi connectivity index (χ0n) is 18.5. The Morgan fingerprint density at radius 2 is 1.73 bits per heavy atom. The summed E-state index contributed by atoms with van der Waals surface area (Å²) in [5.41, 5.74) is 2.67. The van der Waals surface area contributed by atoms with Gasteiger partial charge in [0, 0.05) is 44.2 Å². The zero-order chi connectivity index (χ0) is 24.0. The first-order valence-electron chi connectivity index (χ1n) is 10.8. The lowest BCUT2D eigenvalue weighted by atomic mass is 10.00. The lowest BCUT2D eigenvalue weighted by Crippen LogP contribution is -2.46. The first-order chi connectivity index (χ1) is 15.7. The number of anilines is 1. The Kier molecular flexibility index (Phi) is 8.47. The number of nitrogens with zero attached hydrogens (tertiary/aromatic N) is 2. The van der Waals surface area contributed by atoms with Crippen LogP contribution in [-0.4, -0.2) is 49.1 Å². The van der Waals surface area contributed by atoms with Gasteiger partial charge in [-0.3, -0.25) is 14.4 Å². The molecule has 0 unspecified atom stereocenters. The molecule has 0 radical (unpaired) electrons. The molecule has 180 valence electrons. The maximum absolute atomic E-state index is 14.6. The summed E-state index contributed by atoms with van der Waals surface area (Å²) in [7, 11) is 0. The van der Waals surface area contributed by atoms with E-state index in [1.807, 2.05) is 13.8 Å². The summed E-state index contributed by atoms with van der Waals surface area (Å²) < 4.78 is 58.2. The lowest BCUT2D eigenvalue weighted by molar-refractivity contribution is -0.274. The second-order valence-electron chi connectivity index (χ2n) is 7.62. The van der Waals surface area contributed by atoms with Crippen molar-refractivity contribution in [2.75, 3.05) is 36.8 Å². The zero-order valence-corrected chi connectivity index (χ0v) is 19.4. The Labute approximate surface area is 195 Å². The van der Waals surface area contributed by atoms with Gasteiger partial charge in [-0.05, 0) is 53.9 Å². The standard InChI is InChI=1S/C23H27F4N3O2S/c1-3-16-13-20(22(31)28-33-4-2)21(24)14-17(16)15-29-9-11-30(12-10-29)18-5-7-19(8-6-18)32-23(25,26)27/h5-8,13-14H,3-4,9-12,15H2,1-2H3,(H,28,31). The summed E-state index contributed by atoms with van der Waals surface area (Å²) in [4.78, 5) is 16.5. The fourth-order valence-electron chi connectivity index (χ4n) is 3.77. The number of hydrogen-bond donors (Lipinski definition) is 1. The number of alkyl halides is 3. The van der Waals surface area contributed by atoms with Crippen LogP contribution < -0.4 is 14.4 Å². The highest BCUT2D eigenvalue weighted by Gasteiger charge is 2.31. The molecule has 1 fully saturated rings. The molecule has 0 atom stereocenters. The third kappa shape index (κ3) is 7.01. The van der Waals surface area contributed by atoms with E-state index in [0.29, 0.717) is 31.8 Å². The van der Waals surface area contributed by atoms with Gasteiger partial charge >= 0.3 is 6.36 Å². The Morgan fingerprint density at radius 3 is 2.30 bits per heavy atom. The fourth-order valence-corrected chi connectivity index (χ4v) is 4.15. The Hall–Kier alpha value is -2.46. The van der Waals surface area contributed by atoms with Crippen LogP contribution in [0.5, 0.6) is 5.75 Å². The molecule has 3 rings (SSSR count). The number of benzene rings is 2. The number of aryl methyl sites for hydroxylation is 1. The third-order valence-electron chi connectivity index (χ3n) is 5.43. The average molecular weight is 486 g/mol. The van der Waals surface area contributed by atoms with Crippen LogP contribution in [0.3, 0.4) is 0 Å². The predicted octanol–water partition coefficient (Wildman–Crippen LogP) is 5.01. The maximum atomic E-state index is 14.6. The van der Waals surface area contributed by atoms with Crippen molar-refractivity contribution in [3.8, 4) is 5.75 Å². The summed E-state index contributed by atoms with van der Waals surface area (Å²) in [6.07, 6.45) is -4.02. The highest BCUT2D eigenvalue weighted by molar-refractivity contribution is 7.97. The van der Waals surface area contributed by atoms with Crippen molar-refractivity contribution in [2.45, 2.75) is 33.2 Å². The Morgan fingerprint density at radius 1 is 1.06 bits per heavy atom. The maximum Gasteiger partial charge on any atom is 0.573 e.